The fourth-order valence-corrected chi connectivity index (χ4v) is 2.66. The third-order valence-electron chi connectivity index (χ3n) is 3.70. The van der Waals surface area contributed by atoms with Gasteiger partial charge in [0.1, 0.15) is 0 Å². The zero-order valence-electron chi connectivity index (χ0n) is 11.6. The topological polar surface area (TPSA) is 28.2 Å². The Morgan fingerprint density at radius 3 is 2.89 bits per heavy atom. The zero-order valence-corrected chi connectivity index (χ0v) is 12.4. The quantitative estimate of drug-likeness (QED) is 0.909. The van der Waals surface area contributed by atoms with Crippen molar-refractivity contribution in [2.45, 2.75) is 26.8 Å². The first kappa shape index (κ1) is 15.4. The maximum atomic E-state index is 4.21. The first-order valence-electron chi connectivity index (χ1n) is 6.38. The number of pyridine rings is 1. The maximum Gasteiger partial charge on any atom is 0.0315 e. The molecular formula is C14H24ClN3. The number of hydrogen-bond donors (Lipinski definition) is 1. The van der Waals surface area contributed by atoms with Crippen molar-refractivity contribution in [3.63, 3.8) is 0 Å². The summed E-state index contributed by atoms with van der Waals surface area (Å²) in [6.07, 6.45) is 5.13. The van der Waals surface area contributed by atoms with Crippen LogP contribution in [0, 0.1) is 12.3 Å². The summed E-state index contributed by atoms with van der Waals surface area (Å²) in [5, 5.41) is 3.45. The molecule has 2 rings (SSSR count). The molecule has 0 amide bonds. The highest BCUT2D eigenvalue weighted by Gasteiger charge is 2.29. The number of rotatable bonds is 4. The van der Waals surface area contributed by atoms with Gasteiger partial charge in [0.05, 0.1) is 0 Å². The maximum absolute atomic E-state index is 4.21. The van der Waals surface area contributed by atoms with Crippen LogP contribution in [0.3, 0.4) is 0 Å². The van der Waals surface area contributed by atoms with Crippen LogP contribution < -0.4 is 5.32 Å². The standard InChI is InChI=1S/C14H23N3.ClH/c1-12-4-6-15-8-13(12)9-17(3)11-14(2)5-7-16-10-14;/h4,6,8,16H,5,7,9-11H2,1-3H3;1H. The number of nitrogens with zero attached hydrogens (tertiary/aromatic N) is 2. The minimum Gasteiger partial charge on any atom is -0.316 e. The van der Waals surface area contributed by atoms with Crippen LogP contribution in [0.4, 0.5) is 0 Å². The summed E-state index contributed by atoms with van der Waals surface area (Å²) in [4.78, 5) is 6.62. The fraction of sp³-hybridized carbons (Fsp3) is 0.643. The summed E-state index contributed by atoms with van der Waals surface area (Å²) in [6, 6.07) is 2.09. The van der Waals surface area contributed by atoms with Gasteiger partial charge >= 0.3 is 0 Å². The van der Waals surface area contributed by atoms with E-state index in [1.54, 1.807) is 0 Å². The van der Waals surface area contributed by atoms with Crippen LogP contribution in [0.1, 0.15) is 24.5 Å². The van der Waals surface area contributed by atoms with Gasteiger partial charge in [0.15, 0.2) is 0 Å². The Bertz CT molecular complexity index is 375. The van der Waals surface area contributed by atoms with Crippen molar-refractivity contribution in [3.8, 4) is 0 Å². The van der Waals surface area contributed by atoms with Gasteiger partial charge in [-0.05, 0) is 49.5 Å². The van der Waals surface area contributed by atoms with Crippen LogP contribution in [-0.2, 0) is 6.54 Å². The van der Waals surface area contributed by atoms with Crippen LogP contribution in [0.2, 0.25) is 0 Å². The summed E-state index contributed by atoms with van der Waals surface area (Å²) in [7, 11) is 2.20. The van der Waals surface area contributed by atoms with Gasteiger partial charge in [0.2, 0.25) is 0 Å². The lowest BCUT2D eigenvalue weighted by Gasteiger charge is -2.29. The fourth-order valence-electron chi connectivity index (χ4n) is 2.66. The molecule has 4 heteroatoms. The van der Waals surface area contributed by atoms with Crippen molar-refractivity contribution in [1.29, 1.82) is 0 Å². The second-order valence-corrected chi connectivity index (χ2v) is 5.71. The summed E-state index contributed by atoms with van der Waals surface area (Å²) >= 11 is 0. The van der Waals surface area contributed by atoms with Crippen LogP contribution >= 0.6 is 12.4 Å². The Balaban J connectivity index is 0.00000162. The molecule has 0 bridgehead atoms. The summed E-state index contributed by atoms with van der Waals surface area (Å²) in [5.74, 6) is 0. The second kappa shape index (κ2) is 6.50. The molecule has 1 N–H and O–H groups in total. The van der Waals surface area contributed by atoms with E-state index in [-0.39, 0.29) is 12.4 Å². The van der Waals surface area contributed by atoms with E-state index in [1.165, 1.54) is 17.5 Å². The van der Waals surface area contributed by atoms with Crippen LogP contribution in [0.15, 0.2) is 18.5 Å². The molecule has 0 spiro atoms. The number of aromatic nitrogens is 1. The predicted molar refractivity (Wildman–Crippen MR) is 78.1 cm³/mol. The van der Waals surface area contributed by atoms with Crippen molar-refractivity contribution in [2.24, 2.45) is 5.41 Å². The lowest BCUT2D eigenvalue weighted by Crippen LogP contribution is -2.34. The molecule has 0 radical (unpaired) electrons. The van der Waals surface area contributed by atoms with Gasteiger partial charge in [-0.25, -0.2) is 0 Å². The minimum atomic E-state index is 0. The molecule has 0 aromatic carbocycles. The molecule has 0 aliphatic carbocycles. The molecule has 1 saturated heterocycles. The molecule has 0 saturated carbocycles. The average molecular weight is 270 g/mol. The van der Waals surface area contributed by atoms with Gasteiger partial charge in [-0.3, -0.25) is 4.98 Å². The lowest BCUT2D eigenvalue weighted by molar-refractivity contribution is 0.203. The van der Waals surface area contributed by atoms with E-state index in [0.29, 0.717) is 5.41 Å². The predicted octanol–water partition coefficient (Wildman–Crippen LogP) is 2.24. The molecule has 1 unspecified atom stereocenters. The van der Waals surface area contributed by atoms with Crippen molar-refractivity contribution in [3.05, 3.63) is 29.6 Å². The van der Waals surface area contributed by atoms with Crippen molar-refractivity contribution >= 4 is 12.4 Å². The lowest BCUT2D eigenvalue weighted by atomic mass is 9.89. The van der Waals surface area contributed by atoms with Gasteiger partial charge in [0.25, 0.3) is 0 Å². The molecule has 1 aromatic heterocycles. The van der Waals surface area contributed by atoms with E-state index in [2.05, 4.69) is 42.2 Å². The highest BCUT2D eigenvalue weighted by molar-refractivity contribution is 5.85. The molecule has 1 aliphatic heterocycles. The smallest absolute Gasteiger partial charge is 0.0315 e. The summed E-state index contributed by atoms with van der Waals surface area (Å²) < 4.78 is 0. The van der Waals surface area contributed by atoms with Gasteiger partial charge in [0, 0.05) is 32.0 Å². The van der Waals surface area contributed by atoms with Gasteiger partial charge in [-0.15, -0.1) is 12.4 Å². The Labute approximate surface area is 116 Å². The van der Waals surface area contributed by atoms with Crippen molar-refractivity contribution in [1.82, 2.24) is 15.2 Å². The highest BCUT2D eigenvalue weighted by atomic mass is 35.5. The molecular weight excluding hydrogens is 246 g/mol. The monoisotopic (exact) mass is 269 g/mol. The molecule has 1 aliphatic rings. The Kier molecular flexibility index (Phi) is 5.57. The number of nitrogens with one attached hydrogen (secondary N) is 1. The highest BCUT2D eigenvalue weighted by Crippen LogP contribution is 2.25. The van der Waals surface area contributed by atoms with Crippen molar-refractivity contribution < 1.29 is 0 Å². The third kappa shape index (κ3) is 3.94. The van der Waals surface area contributed by atoms with Gasteiger partial charge in [-0.2, -0.15) is 0 Å². The molecule has 102 valence electrons. The third-order valence-corrected chi connectivity index (χ3v) is 3.70. The van der Waals surface area contributed by atoms with E-state index in [0.717, 1.165) is 26.2 Å². The molecule has 1 atom stereocenters. The molecule has 3 nitrogen and oxygen atoms in total. The zero-order chi connectivity index (χ0) is 12.3. The van der Waals surface area contributed by atoms with Crippen LogP contribution in [0.5, 0.6) is 0 Å². The average Bonchev–Trinajstić information content (AvgIpc) is 2.68. The summed E-state index contributed by atoms with van der Waals surface area (Å²) in [5.41, 5.74) is 3.11. The molecule has 1 aromatic rings. The van der Waals surface area contributed by atoms with Gasteiger partial charge in [-0.1, -0.05) is 6.92 Å². The van der Waals surface area contributed by atoms with E-state index in [1.807, 2.05) is 12.4 Å². The first-order valence-corrected chi connectivity index (χ1v) is 6.38. The SMILES string of the molecule is Cc1ccncc1CN(C)CC1(C)CCNC1.Cl. The molecule has 2 heterocycles. The minimum absolute atomic E-state index is 0. The van der Waals surface area contributed by atoms with E-state index < -0.39 is 0 Å². The first-order chi connectivity index (χ1) is 8.09. The Hall–Kier alpha value is -0.640. The second-order valence-electron chi connectivity index (χ2n) is 5.71. The van der Waals surface area contributed by atoms with Crippen molar-refractivity contribution in [2.75, 3.05) is 26.7 Å². The Morgan fingerprint density at radius 2 is 2.28 bits per heavy atom. The van der Waals surface area contributed by atoms with E-state index in [4.69, 9.17) is 0 Å². The van der Waals surface area contributed by atoms with Gasteiger partial charge < -0.3 is 10.2 Å². The number of hydrogen-bond acceptors (Lipinski definition) is 3. The molecule has 18 heavy (non-hydrogen) atoms. The van der Waals surface area contributed by atoms with Crippen LogP contribution in [-0.4, -0.2) is 36.6 Å². The number of halogens is 1. The normalized spacial score (nSPS) is 23.1. The summed E-state index contributed by atoms with van der Waals surface area (Å²) in [6.45, 7) is 8.98. The van der Waals surface area contributed by atoms with E-state index >= 15 is 0 Å². The number of aryl methyl sites for hydroxylation is 1. The largest absolute Gasteiger partial charge is 0.316 e. The van der Waals surface area contributed by atoms with E-state index in [9.17, 15) is 0 Å². The molecule has 1 fully saturated rings. The van der Waals surface area contributed by atoms with Crippen LogP contribution in [0.25, 0.3) is 0 Å². The Morgan fingerprint density at radius 1 is 1.50 bits per heavy atom.